The summed E-state index contributed by atoms with van der Waals surface area (Å²) in [6, 6.07) is 15.7. The monoisotopic (exact) mass is 325 g/mol. The number of rotatable bonds is 4. The Morgan fingerprint density at radius 2 is 1.79 bits per heavy atom. The zero-order chi connectivity index (χ0) is 17.1. The molecule has 3 rings (SSSR count). The second-order valence-corrected chi connectivity index (χ2v) is 6.12. The summed E-state index contributed by atoms with van der Waals surface area (Å²) in [7, 11) is 1.89. The van der Waals surface area contributed by atoms with Crippen molar-refractivity contribution in [1.29, 1.82) is 0 Å². The van der Waals surface area contributed by atoms with Gasteiger partial charge in [-0.1, -0.05) is 30.3 Å². The Kier molecular flexibility index (Phi) is 4.57. The third-order valence-electron chi connectivity index (χ3n) is 4.38. The number of carbonyl (C=O) groups excluding carboxylic acids is 1. The van der Waals surface area contributed by atoms with Crippen molar-refractivity contribution in [3.05, 3.63) is 75.8 Å². The molecule has 2 atom stereocenters. The molecule has 0 aromatic heterocycles. The number of nitrogens with zero attached hydrogens (tertiary/aromatic N) is 2. The van der Waals surface area contributed by atoms with E-state index >= 15 is 0 Å². The molecule has 1 heterocycles. The van der Waals surface area contributed by atoms with Gasteiger partial charge >= 0.3 is 0 Å². The van der Waals surface area contributed by atoms with Crippen LogP contribution >= 0.6 is 0 Å². The Bertz CT molecular complexity index is 731. The molecule has 2 unspecified atom stereocenters. The third-order valence-corrected chi connectivity index (χ3v) is 4.38. The first kappa shape index (κ1) is 16.1. The van der Waals surface area contributed by atoms with E-state index in [4.69, 9.17) is 0 Å². The van der Waals surface area contributed by atoms with Crippen LogP contribution in [0.4, 0.5) is 5.69 Å². The molecule has 1 aliphatic rings. The molecule has 1 saturated heterocycles. The minimum atomic E-state index is -0.584. The second kappa shape index (κ2) is 6.80. The molecule has 0 aliphatic carbocycles. The molecule has 2 aromatic carbocycles. The normalized spacial score (nSPS) is 20.7. The predicted molar refractivity (Wildman–Crippen MR) is 91.9 cm³/mol. The maximum Gasteiger partial charge on any atom is 0.255 e. The summed E-state index contributed by atoms with van der Waals surface area (Å²) in [5.41, 5.74) is 2.20. The van der Waals surface area contributed by atoms with Crippen LogP contribution in [-0.4, -0.2) is 41.9 Å². The van der Waals surface area contributed by atoms with Crippen molar-refractivity contribution in [2.75, 3.05) is 25.5 Å². The van der Waals surface area contributed by atoms with Gasteiger partial charge in [-0.15, -0.1) is 0 Å². The van der Waals surface area contributed by atoms with Gasteiger partial charge < -0.3 is 5.32 Å². The van der Waals surface area contributed by atoms with Crippen LogP contribution in [0, 0.1) is 10.1 Å². The quantitative estimate of drug-likeness (QED) is 0.692. The van der Waals surface area contributed by atoms with Gasteiger partial charge in [0.1, 0.15) is 0 Å². The highest BCUT2D eigenvalue weighted by atomic mass is 16.6. The lowest BCUT2D eigenvalue weighted by molar-refractivity contribution is -0.521. The lowest BCUT2D eigenvalue weighted by Crippen LogP contribution is -2.27. The lowest BCUT2D eigenvalue weighted by Gasteiger charge is -2.13. The van der Waals surface area contributed by atoms with Crippen LogP contribution in [0.2, 0.25) is 0 Å². The third kappa shape index (κ3) is 3.44. The molecule has 124 valence electrons. The van der Waals surface area contributed by atoms with Crippen molar-refractivity contribution < 1.29 is 9.72 Å². The summed E-state index contributed by atoms with van der Waals surface area (Å²) in [4.78, 5) is 25.1. The summed E-state index contributed by atoms with van der Waals surface area (Å²) in [5.74, 6) is -0.295. The Labute approximate surface area is 140 Å². The maximum absolute atomic E-state index is 12.1. The SMILES string of the molecule is CN1CC(c2ccc(NC(=O)c3ccccc3)cc2)C([N+](=O)[O-])C1. The topological polar surface area (TPSA) is 75.5 Å². The number of carbonyl (C=O) groups is 1. The molecule has 0 saturated carbocycles. The number of anilines is 1. The lowest BCUT2D eigenvalue weighted by atomic mass is 9.94. The highest BCUT2D eigenvalue weighted by Gasteiger charge is 2.40. The number of hydrogen-bond acceptors (Lipinski definition) is 4. The Morgan fingerprint density at radius 1 is 1.12 bits per heavy atom. The molecule has 6 nitrogen and oxygen atoms in total. The van der Waals surface area contributed by atoms with Crippen molar-refractivity contribution in [3.8, 4) is 0 Å². The van der Waals surface area contributed by atoms with E-state index in [1.165, 1.54) is 0 Å². The van der Waals surface area contributed by atoms with Gasteiger partial charge in [0.15, 0.2) is 0 Å². The minimum absolute atomic E-state index is 0.121. The van der Waals surface area contributed by atoms with Crippen LogP contribution in [0.15, 0.2) is 54.6 Å². The zero-order valence-corrected chi connectivity index (χ0v) is 13.4. The van der Waals surface area contributed by atoms with E-state index in [0.717, 1.165) is 5.56 Å². The van der Waals surface area contributed by atoms with Gasteiger partial charge in [-0.05, 0) is 36.9 Å². The Balaban J connectivity index is 1.71. The molecule has 1 amide bonds. The smallest absolute Gasteiger partial charge is 0.255 e. The van der Waals surface area contributed by atoms with Gasteiger partial charge in [0.05, 0.1) is 12.5 Å². The van der Waals surface area contributed by atoms with Gasteiger partial charge in [0.2, 0.25) is 6.04 Å². The van der Waals surface area contributed by atoms with Gasteiger partial charge in [-0.2, -0.15) is 0 Å². The Morgan fingerprint density at radius 3 is 2.42 bits per heavy atom. The molecule has 0 bridgehead atoms. The van der Waals surface area contributed by atoms with Crippen LogP contribution < -0.4 is 5.32 Å². The van der Waals surface area contributed by atoms with Gasteiger partial charge in [0.25, 0.3) is 5.91 Å². The highest BCUT2D eigenvalue weighted by molar-refractivity contribution is 6.04. The fraction of sp³-hybridized carbons (Fsp3) is 0.278. The molecule has 1 N–H and O–H groups in total. The summed E-state index contributed by atoms with van der Waals surface area (Å²) < 4.78 is 0. The fourth-order valence-corrected chi connectivity index (χ4v) is 3.13. The molecule has 2 aromatic rings. The first-order chi connectivity index (χ1) is 11.5. The number of likely N-dealkylation sites (N-methyl/N-ethyl adjacent to an activating group) is 1. The molecular formula is C18H19N3O3. The van der Waals surface area contributed by atoms with Gasteiger partial charge in [-0.25, -0.2) is 0 Å². The van der Waals surface area contributed by atoms with Crippen LogP contribution in [0.25, 0.3) is 0 Å². The standard InChI is InChI=1S/C18H19N3O3/c1-20-11-16(17(12-20)21(23)24)13-7-9-15(10-8-13)19-18(22)14-5-3-2-4-6-14/h2-10,16-17H,11-12H2,1H3,(H,19,22). The van der Waals surface area contributed by atoms with Crippen molar-refractivity contribution in [1.82, 2.24) is 4.90 Å². The molecule has 1 aliphatic heterocycles. The first-order valence-electron chi connectivity index (χ1n) is 7.83. The van der Waals surface area contributed by atoms with Crippen LogP contribution in [0.3, 0.4) is 0 Å². The number of amides is 1. The van der Waals surface area contributed by atoms with Crippen molar-refractivity contribution in [2.24, 2.45) is 0 Å². The van der Waals surface area contributed by atoms with Crippen molar-refractivity contribution in [2.45, 2.75) is 12.0 Å². The highest BCUT2D eigenvalue weighted by Crippen LogP contribution is 2.29. The average molecular weight is 325 g/mol. The molecule has 0 spiro atoms. The van der Waals surface area contributed by atoms with Crippen LogP contribution in [0.1, 0.15) is 21.8 Å². The number of nitro groups is 1. The van der Waals surface area contributed by atoms with E-state index in [9.17, 15) is 14.9 Å². The molecular weight excluding hydrogens is 306 g/mol. The van der Waals surface area contributed by atoms with Gasteiger partial charge in [-0.3, -0.25) is 19.8 Å². The van der Waals surface area contributed by atoms with E-state index < -0.39 is 6.04 Å². The van der Waals surface area contributed by atoms with Gasteiger partial charge in [0, 0.05) is 22.7 Å². The minimum Gasteiger partial charge on any atom is -0.322 e. The van der Waals surface area contributed by atoms with Crippen molar-refractivity contribution >= 4 is 11.6 Å². The Hall–Kier alpha value is -2.73. The van der Waals surface area contributed by atoms with Crippen LogP contribution in [0.5, 0.6) is 0 Å². The summed E-state index contributed by atoms with van der Waals surface area (Å²) in [5, 5.41) is 14.1. The summed E-state index contributed by atoms with van der Waals surface area (Å²) >= 11 is 0. The number of nitrogens with one attached hydrogen (secondary N) is 1. The van der Waals surface area contributed by atoms with E-state index in [0.29, 0.717) is 24.3 Å². The largest absolute Gasteiger partial charge is 0.322 e. The number of likely N-dealkylation sites (tertiary alicyclic amines) is 1. The summed E-state index contributed by atoms with van der Waals surface area (Å²) in [6.45, 7) is 1.13. The van der Waals surface area contributed by atoms with E-state index in [-0.39, 0.29) is 16.7 Å². The summed E-state index contributed by atoms with van der Waals surface area (Å²) in [6.07, 6.45) is 0. The molecule has 0 radical (unpaired) electrons. The van der Waals surface area contributed by atoms with E-state index in [2.05, 4.69) is 5.32 Å². The van der Waals surface area contributed by atoms with E-state index in [1.54, 1.807) is 24.3 Å². The number of hydrogen-bond donors (Lipinski definition) is 1. The molecule has 1 fully saturated rings. The maximum atomic E-state index is 12.1. The second-order valence-electron chi connectivity index (χ2n) is 6.12. The first-order valence-corrected chi connectivity index (χ1v) is 7.83. The fourth-order valence-electron chi connectivity index (χ4n) is 3.13. The zero-order valence-electron chi connectivity index (χ0n) is 13.4. The average Bonchev–Trinajstić information content (AvgIpc) is 2.98. The predicted octanol–water partition coefficient (Wildman–Crippen LogP) is 2.61. The number of benzene rings is 2. The molecule has 24 heavy (non-hydrogen) atoms. The molecule has 6 heteroatoms. The van der Waals surface area contributed by atoms with E-state index in [1.807, 2.05) is 42.3 Å². The van der Waals surface area contributed by atoms with Crippen LogP contribution in [-0.2, 0) is 0 Å². The van der Waals surface area contributed by atoms with Crippen molar-refractivity contribution in [3.63, 3.8) is 0 Å².